The Morgan fingerprint density at radius 1 is 1.36 bits per heavy atom. The quantitative estimate of drug-likeness (QED) is 0.142. The van der Waals surface area contributed by atoms with Crippen molar-refractivity contribution in [2.45, 2.75) is 26.2 Å². The predicted molar refractivity (Wildman–Crippen MR) is 48.6 cm³/mol. The van der Waals surface area contributed by atoms with E-state index in [0.717, 1.165) is 25.5 Å². The number of hydrogen-bond acceptors (Lipinski definition) is 4. The van der Waals surface area contributed by atoms with Crippen molar-refractivity contribution < 1.29 is 46.7 Å². The van der Waals surface area contributed by atoms with Crippen molar-refractivity contribution in [3.05, 3.63) is 24.5 Å². The first-order valence-corrected chi connectivity index (χ1v) is 5.35. The largest absolute Gasteiger partial charge is 1.00 e. The van der Waals surface area contributed by atoms with Gasteiger partial charge in [0, 0.05) is 0 Å². The minimum atomic E-state index is -4.59. The maximum Gasteiger partial charge on any atom is 1.00 e. The molecule has 4 nitrogen and oxygen atoms in total. The van der Waals surface area contributed by atoms with E-state index in [0.29, 0.717) is 0 Å². The van der Waals surface area contributed by atoms with Gasteiger partial charge < -0.3 is 8.74 Å². The van der Waals surface area contributed by atoms with Gasteiger partial charge in [-0.3, -0.25) is 0 Å². The van der Waals surface area contributed by atoms with Crippen molar-refractivity contribution in [2.75, 3.05) is 0 Å². The third kappa shape index (κ3) is 14.7. The molecule has 0 aliphatic rings. The topological polar surface area (TPSA) is 66.4 Å². The smallest absolute Gasteiger partial charge is 0.716 e. The minimum absolute atomic E-state index is 0. The number of hydrogen-bond donors (Lipinski definition) is 0. The molecule has 6 heteroatoms. The summed E-state index contributed by atoms with van der Waals surface area (Å²) in [6.07, 6.45) is 8.87. The van der Waals surface area contributed by atoms with E-state index in [4.69, 9.17) is 0 Å². The van der Waals surface area contributed by atoms with Crippen molar-refractivity contribution >= 4 is 10.4 Å². The molecule has 0 unspecified atom stereocenters. The fraction of sp³-hybridized carbons (Fsp3) is 0.500. The van der Waals surface area contributed by atoms with Gasteiger partial charge in [0.25, 0.3) is 10.4 Å². The Labute approximate surface area is 107 Å². The van der Waals surface area contributed by atoms with Gasteiger partial charge in [0.05, 0.1) is 0 Å². The number of rotatable bonds is 6. The summed E-state index contributed by atoms with van der Waals surface area (Å²) in [4.78, 5) is 0. The van der Waals surface area contributed by atoms with Crippen molar-refractivity contribution in [2.24, 2.45) is 0 Å². The van der Waals surface area contributed by atoms with E-state index in [-0.39, 0.29) is 29.6 Å². The normalized spacial score (nSPS) is 11.9. The van der Waals surface area contributed by atoms with E-state index < -0.39 is 10.4 Å². The summed E-state index contributed by atoms with van der Waals surface area (Å²) in [6.45, 7) is 2.08. The molecule has 0 fully saturated rings. The molecule has 0 aromatic rings. The van der Waals surface area contributed by atoms with Crippen LogP contribution in [0.5, 0.6) is 0 Å². The summed E-state index contributed by atoms with van der Waals surface area (Å²) < 4.78 is 33.6. The van der Waals surface area contributed by atoms with Gasteiger partial charge in [-0.1, -0.05) is 31.9 Å². The van der Waals surface area contributed by atoms with Crippen LogP contribution in [-0.2, 0) is 14.6 Å². The minimum Gasteiger partial charge on any atom is -0.716 e. The van der Waals surface area contributed by atoms with Crippen LogP contribution in [0, 0.1) is 0 Å². The maximum absolute atomic E-state index is 9.91. The molecule has 0 aromatic carbocycles. The summed E-state index contributed by atoms with van der Waals surface area (Å²) in [5, 5.41) is 0. The van der Waals surface area contributed by atoms with Crippen LogP contribution in [0.15, 0.2) is 24.5 Å². The van der Waals surface area contributed by atoms with Crippen LogP contribution in [0.1, 0.15) is 26.2 Å². The molecule has 0 spiro atoms. The van der Waals surface area contributed by atoms with Crippen LogP contribution < -0.4 is 29.6 Å². The Morgan fingerprint density at radius 3 is 2.50 bits per heavy atom. The zero-order valence-corrected chi connectivity index (χ0v) is 11.3. The van der Waals surface area contributed by atoms with E-state index >= 15 is 0 Å². The molecule has 0 atom stereocenters. The molecule has 0 aliphatic heterocycles. The van der Waals surface area contributed by atoms with Gasteiger partial charge in [-0.25, -0.2) is 8.42 Å². The van der Waals surface area contributed by atoms with Gasteiger partial charge in [0.2, 0.25) is 0 Å². The first-order valence-electron chi connectivity index (χ1n) is 4.02. The van der Waals surface area contributed by atoms with Gasteiger partial charge in [-0.2, -0.15) is 0 Å². The molecule has 0 rings (SSSR count). The zero-order valence-electron chi connectivity index (χ0n) is 8.47. The van der Waals surface area contributed by atoms with E-state index in [2.05, 4.69) is 11.1 Å². The second-order valence-corrected chi connectivity index (χ2v) is 3.41. The standard InChI is InChI=1S/C8H14O4S.Na/c1-2-3-4-5-6-7-8-12-13(9,10)11;/h5-8H,2-4H2,1H3,(H,9,10,11);/q;+1/p-1. The van der Waals surface area contributed by atoms with Crippen molar-refractivity contribution in [3.8, 4) is 0 Å². The third-order valence-electron chi connectivity index (χ3n) is 1.22. The maximum atomic E-state index is 9.91. The zero-order chi connectivity index (χ0) is 10.2. The van der Waals surface area contributed by atoms with Crippen LogP contribution in [0.2, 0.25) is 0 Å². The van der Waals surface area contributed by atoms with Crippen LogP contribution in [0.25, 0.3) is 0 Å². The summed E-state index contributed by atoms with van der Waals surface area (Å²) in [6, 6.07) is 0. The average molecular weight is 228 g/mol. The second-order valence-electron chi connectivity index (χ2n) is 2.40. The van der Waals surface area contributed by atoms with Crippen LogP contribution in [-0.4, -0.2) is 13.0 Å². The Balaban J connectivity index is 0. The summed E-state index contributed by atoms with van der Waals surface area (Å²) in [5.74, 6) is 0. The molecule has 14 heavy (non-hydrogen) atoms. The summed E-state index contributed by atoms with van der Waals surface area (Å²) in [5.41, 5.74) is 0. The monoisotopic (exact) mass is 228 g/mol. The molecule has 76 valence electrons. The molecular weight excluding hydrogens is 215 g/mol. The predicted octanol–water partition coefficient (Wildman–Crippen LogP) is -1.27. The Bertz CT molecular complexity index is 269. The molecule has 0 amide bonds. The third-order valence-corrected chi connectivity index (χ3v) is 1.57. The fourth-order valence-electron chi connectivity index (χ4n) is 0.642. The first-order chi connectivity index (χ1) is 6.06. The van der Waals surface area contributed by atoms with Gasteiger partial charge in [0.15, 0.2) is 0 Å². The van der Waals surface area contributed by atoms with Crippen molar-refractivity contribution in [1.29, 1.82) is 0 Å². The van der Waals surface area contributed by atoms with E-state index in [1.165, 1.54) is 6.08 Å². The molecule has 0 radical (unpaired) electrons. The Morgan fingerprint density at radius 2 is 2.00 bits per heavy atom. The molecule has 0 aromatic heterocycles. The molecule has 0 bridgehead atoms. The number of unbranched alkanes of at least 4 members (excludes halogenated alkanes) is 2. The van der Waals surface area contributed by atoms with Crippen molar-refractivity contribution in [3.63, 3.8) is 0 Å². The van der Waals surface area contributed by atoms with E-state index in [1.807, 2.05) is 6.08 Å². The second kappa shape index (κ2) is 9.73. The first kappa shape index (κ1) is 16.6. The molecule has 0 saturated heterocycles. The molecular formula is C8H13NaO4S. The van der Waals surface area contributed by atoms with Crippen LogP contribution in [0.4, 0.5) is 0 Å². The van der Waals surface area contributed by atoms with Crippen molar-refractivity contribution in [1.82, 2.24) is 0 Å². The van der Waals surface area contributed by atoms with E-state index in [1.54, 1.807) is 6.08 Å². The molecule has 0 N–H and O–H groups in total. The summed E-state index contributed by atoms with van der Waals surface area (Å²) in [7, 11) is -4.59. The van der Waals surface area contributed by atoms with Crippen LogP contribution in [0.3, 0.4) is 0 Å². The van der Waals surface area contributed by atoms with Gasteiger partial charge in [0.1, 0.15) is 6.26 Å². The SMILES string of the molecule is CCCCC=CC=COS(=O)(=O)[O-].[Na+]. The molecule has 0 heterocycles. The average Bonchev–Trinajstić information content (AvgIpc) is 2.01. The van der Waals surface area contributed by atoms with Gasteiger partial charge in [-0.15, -0.1) is 0 Å². The number of allylic oxidation sites excluding steroid dienone is 3. The van der Waals surface area contributed by atoms with E-state index in [9.17, 15) is 13.0 Å². The summed E-state index contributed by atoms with van der Waals surface area (Å²) >= 11 is 0. The van der Waals surface area contributed by atoms with Gasteiger partial charge >= 0.3 is 29.6 Å². The Kier molecular flexibility index (Phi) is 11.6. The van der Waals surface area contributed by atoms with Gasteiger partial charge in [-0.05, 0) is 12.5 Å². The molecule has 0 saturated carbocycles. The molecule has 0 aliphatic carbocycles. The fourth-order valence-corrected chi connectivity index (χ4v) is 0.842. The Hall–Kier alpha value is 0.190. The van der Waals surface area contributed by atoms with Crippen LogP contribution >= 0.6 is 0 Å².